The number of aromatic nitrogens is 3. The molecule has 0 unspecified atom stereocenters. The predicted octanol–water partition coefficient (Wildman–Crippen LogP) is 5.07. The number of rotatable bonds is 6. The van der Waals surface area contributed by atoms with E-state index in [1.54, 1.807) is 0 Å². The molecule has 6 rings (SSSR count). The van der Waals surface area contributed by atoms with Crippen LogP contribution in [0.15, 0.2) is 33.9 Å². The lowest BCUT2D eigenvalue weighted by Gasteiger charge is -2.56. The minimum Gasteiger partial charge on any atom is -0.325 e. The monoisotopic (exact) mass is 474 g/mol. The number of benzene rings is 1. The molecule has 1 amide bonds. The van der Waals surface area contributed by atoms with Crippen LogP contribution in [0.2, 0.25) is 0 Å². The van der Waals surface area contributed by atoms with Crippen molar-refractivity contribution < 1.29 is 4.79 Å². The molecule has 1 aromatic heterocycles. The maximum absolute atomic E-state index is 12.3. The average molecular weight is 475 g/mol. The van der Waals surface area contributed by atoms with Crippen LogP contribution in [-0.2, 0) is 18.3 Å². The summed E-state index contributed by atoms with van der Waals surface area (Å²) in [5.41, 5.74) is 1.26. The lowest BCUT2D eigenvalue weighted by molar-refractivity contribution is -0.113. The maximum Gasteiger partial charge on any atom is 0.234 e. The van der Waals surface area contributed by atoms with Crippen LogP contribution in [0.5, 0.6) is 0 Å². The summed E-state index contributed by atoms with van der Waals surface area (Å²) in [6.45, 7) is 0. The number of thioether (sulfide) groups is 1. The van der Waals surface area contributed by atoms with Gasteiger partial charge in [0.25, 0.3) is 0 Å². The Balaban J connectivity index is 1.20. The van der Waals surface area contributed by atoms with E-state index in [4.69, 9.17) is 0 Å². The number of anilines is 1. The van der Waals surface area contributed by atoms with Crippen LogP contribution < -0.4 is 5.32 Å². The van der Waals surface area contributed by atoms with E-state index in [0.29, 0.717) is 11.2 Å². The Morgan fingerprint density at radius 3 is 2.38 bits per heavy atom. The van der Waals surface area contributed by atoms with Gasteiger partial charge >= 0.3 is 0 Å². The second-order valence-corrected chi connectivity index (χ2v) is 11.3. The fourth-order valence-corrected chi connectivity index (χ4v) is 7.32. The number of halogens is 1. The number of amides is 1. The number of carbonyl (C=O) groups is 1. The van der Waals surface area contributed by atoms with Gasteiger partial charge in [-0.2, -0.15) is 0 Å². The molecule has 4 bridgehead atoms. The zero-order valence-corrected chi connectivity index (χ0v) is 19.1. The summed E-state index contributed by atoms with van der Waals surface area (Å²) in [6.07, 6.45) is 9.58. The second-order valence-electron chi connectivity index (χ2n) is 9.40. The van der Waals surface area contributed by atoms with Crippen LogP contribution in [-0.4, -0.2) is 26.4 Å². The van der Waals surface area contributed by atoms with Gasteiger partial charge in [0.2, 0.25) is 5.91 Å². The summed E-state index contributed by atoms with van der Waals surface area (Å²) >= 11 is 4.86. The normalized spacial score (nSPS) is 29.9. The van der Waals surface area contributed by atoms with Crippen LogP contribution >= 0.6 is 27.7 Å². The minimum atomic E-state index is -0.0250. The first-order valence-corrected chi connectivity index (χ1v) is 12.3. The number of carbonyl (C=O) groups excluding carboxylic acids is 1. The minimum absolute atomic E-state index is 0.0250. The van der Waals surface area contributed by atoms with Gasteiger partial charge in [-0.3, -0.25) is 4.79 Å². The molecule has 154 valence electrons. The van der Waals surface area contributed by atoms with Gasteiger partial charge in [0, 0.05) is 23.6 Å². The lowest BCUT2D eigenvalue weighted by Crippen LogP contribution is -2.47. The number of nitrogens with one attached hydrogen (secondary N) is 1. The van der Waals surface area contributed by atoms with Crippen molar-refractivity contribution in [3.63, 3.8) is 0 Å². The van der Waals surface area contributed by atoms with Gasteiger partial charge in [-0.25, -0.2) is 0 Å². The molecule has 0 aliphatic heterocycles. The summed E-state index contributed by atoms with van der Waals surface area (Å²) in [7, 11) is 2.05. The highest BCUT2D eigenvalue weighted by Gasteiger charge is 2.51. The zero-order valence-electron chi connectivity index (χ0n) is 16.7. The van der Waals surface area contributed by atoms with Crippen molar-refractivity contribution >= 4 is 39.3 Å². The molecule has 4 aliphatic rings. The van der Waals surface area contributed by atoms with Gasteiger partial charge in [-0.15, -0.1) is 10.2 Å². The van der Waals surface area contributed by atoms with Crippen molar-refractivity contribution in [3.8, 4) is 0 Å². The van der Waals surface area contributed by atoms with Crippen LogP contribution in [0, 0.1) is 23.2 Å². The zero-order chi connectivity index (χ0) is 20.0. The molecular weight excluding hydrogens is 448 g/mol. The van der Waals surface area contributed by atoms with Crippen LogP contribution in [0.25, 0.3) is 0 Å². The van der Waals surface area contributed by atoms with Crippen molar-refractivity contribution in [3.05, 3.63) is 34.6 Å². The van der Waals surface area contributed by atoms with Gasteiger partial charge in [-0.1, -0.05) is 27.7 Å². The average Bonchev–Trinajstić information content (AvgIpc) is 3.00. The van der Waals surface area contributed by atoms with Crippen LogP contribution in [0.3, 0.4) is 0 Å². The molecule has 4 fully saturated rings. The van der Waals surface area contributed by atoms with Gasteiger partial charge in [-0.05, 0) is 86.0 Å². The first-order chi connectivity index (χ1) is 14.0. The highest BCUT2D eigenvalue weighted by Crippen LogP contribution is 2.60. The van der Waals surface area contributed by atoms with Gasteiger partial charge in [0.05, 0.1) is 5.75 Å². The topological polar surface area (TPSA) is 59.8 Å². The Bertz CT molecular complexity index is 875. The van der Waals surface area contributed by atoms with Crippen LogP contribution in [0.4, 0.5) is 5.69 Å². The Morgan fingerprint density at radius 2 is 1.76 bits per heavy atom. The highest BCUT2D eigenvalue weighted by atomic mass is 79.9. The van der Waals surface area contributed by atoms with E-state index in [1.165, 1.54) is 50.3 Å². The second kappa shape index (κ2) is 7.73. The van der Waals surface area contributed by atoms with E-state index < -0.39 is 0 Å². The number of hydrogen-bond acceptors (Lipinski definition) is 4. The molecule has 2 aromatic rings. The largest absolute Gasteiger partial charge is 0.325 e. The molecular formula is C22H27BrN4OS. The summed E-state index contributed by atoms with van der Waals surface area (Å²) in [5.74, 6) is 4.24. The molecule has 1 N–H and O–H groups in total. The Hall–Kier alpha value is -1.34. The van der Waals surface area contributed by atoms with Crippen molar-refractivity contribution in [1.82, 2.24) is 14.8 Å². The molecule has 1 heterocycles. The number of hydrogen-bond donors (Lipinski definition) is 1. The van der Waals surface area contributed by atoms with Gasteiger partial charge in [0.15, 0.2) is 5.16 Å². The van der Waals surface area contributed by atoms with E-state index in [-0.39, 0.29) is 5.91 Å². The molecule has 29 heavy (non-hydrogen) atoms. The first-order valence-electron chi connectivity index (χ1n) is 10.5. The quantitative estimate of drug-likeness (QED) is 0.593. The van der Waals surface area contributed by atoms with E-state index in [1.807, 2.05) is 31.3 Å². The van der Waals surface area contributed by atoms with E-state index >= 15 is 0 Å². The van der Waals surface area contributed by atoms with Crippen molar-refractivity contribution in [2.45, 2.75) is 50.1 Å². The third kappa shape index (κ3) is 4.13. The first kappa shape index (κ1) is 19.6. The molecule has 4 aliphatic carbocycles. The Morgan fingerprint density at radius 1 is 1.14 bits per heavy atom. The van der Waals surface area contributed by atoms with Crippen molar-refractivity contribution in [2.24, 2.45) is 30.2 Å². The highest BCUT2D eigenvalue weighted by molar-refractivity contribution is 9.10. The predicted molar refractivity (Wildman–Crippen MR) is 119 cm³/mol. The van der Waals surface area contributed by atoms with Crippen molar-refractivity contribution in [2.75, 3.05) is 11.1 Å². The summed E-state index contributed by atoms with van der Waals surface area (Å²) in [4.78, 5) is 12.3. The molecule has 0 spiro atoms. The maximum atomic E-state index is 12.3. The third-order valence-electron chi connectivity index (χ3n) is 7.08. The fraction of sp³-hybridized carbons (Fsp3) is 0.591. The number of nitrogens with zero attached hydrogens (tertiary/aromatic N) is 3. The molecule has 4 saturated carbocycles. The molecule has 1 aromatic carbocycles. The van der Waals surface area contributed by atoms with Crippen LogP contribution in [0.1, 0.15) is 44.3 Å². The molecule has 7 heteroatoms. The van der Waals surface area contributed by atoms with Gasteiger partial charge in [0.1, 0.15) is 5.82 Å². The lowest BCUT2D eigenvalue weighted by atomic mass is 9.49. The molecule has 0 radical (unpaired) electrons. The Kier molecular flexibility index (Phi) is 5.23. The standard InChI is InChI=1S/C22H27BrN4OS/c1-27-19(12-22-9-14-6-15(10-22)8-16(7-14)11-22)25-26-21(27)29-13-20(28)24-18-4-2-17(23)3-5-18/h2-5,14-16H,6-13H2,1H3,(H,24,28). The third-order valence-corrected chi connectivity index (χ3v) is 8.63. The Labute approximate surface area is 184 Å². The summed E-state index contributed by atoms with van der Waals surface area (Å²) < 4.78 is 3.10. The molecule has 5 nitrogen and oxygen atoms in total. The SMILES string of the molecule is Cn1c(CC23CC4CC(CC(C4)C2)C3)nnc1SCC(=O)Nc1ccc(Br)cc1. The summed E-state index contributed by atoms with van der Waals surface area (Å²) in [5, 5.41) is 12.7. The fourth-order valence-electron chi connectivity index (χ4n) is 6.33. The van der Waals surface area contributed by atoms with E-state index in [9.17, 15) is 4.79 Å². The smallest absolute Gasteiger partial charge is 0.234 e. The summed E-state index contributed by atoms with van der Waals surface area (Å²) in [6, 6.07) is 7.61. The van der Waals surface area contributed by atoms with Crippen molar-refractivity contribution in [1.29, 1.82) is 0 Å². The van der Waals surface area contributed by atoms with E-state index in [0.717, 1.165) is 45.3 Å². The van der Waals surface area contributed by atoms with E-state index in [2.05, 4.69) is 36.0 Å². The molecule has 0 saturated heterocycles. The molecule has 0 atom stereocenters. The van der Waals surface area contributed by atoms with Gasteiger partial charge < -0.3 is 9.88 Å².